The molecule has 2 heterocycles. The summed E-state index contributed by atoms with van der Waals surface area (Å²) in [5, 5.41) is 52.8. The number of aliphatic hydroxyl groups is 3. The summed E-state index contributed by atoms with van der Waals surface area (Å²) in [6.07, 6.45) is 0.443. The molecule has 1 aliphatic carbocycles. The van der Waals surface area contributed by atoms with Crippen LogP contribution in [-0.2, 0) is 71.9 Å². The van der Waals surface area contributed by atoms with Crippen molar-refractivity contribution in [2.75, 3.05) is 31.2 Å². The first-order valence-corrected chi connectivity index (χ1v) is 31.6. The highest BCUT2D eigenvalue weighted by molar-refractivity contribution is 8.76. The smallest absolute Gasteiger partial charge is 0.407 e. The van der Waals surface area contributed by atoms with E-state index in [1.54, 1.807) is 81.4 Å². The summed E-state index contributed by atoms with van der Waals surface area (Å²) in [5.41, 5.74) is 2.92. The Morgan fingerprint density at radius 2 is 1.35 bits per heavy atom. The first-order chi connectivity index (χ1) is 41.9. The van der Waals surface area contributed by atoms with E-state index in [4.69, 9.17) is 4.74 Å². The van der Waals surface area contributed by atoms with E-state index in [1.165, 1.54) is 13.8 Å². The quantitative estimate of drug-likeness (QED) is 0.0406. The SMILES string of the molecule is C[C@@H](O)[C@@H]1NC(=O)[C@H](CCCCNC(=O)OC(C)(C)C)NC(=O)[C@@H](CC2=CCc3ccccc32)NC(=O)[C@H](Cc2ccccc2)CC(=O)[C@@H](NC(=O)[C@@H](Cc2ccccc2)NC(=O)CN2C(=O)C=CC2=O)CSSC[C@@H](C(=O)N[C@H](CO)[C@@H](C)O)NC1=O. The number of hydrogen-bond acceptors (Lipinski definition) is 17. The number of imide groups is 1. The molecule has 6 rings (SSSR count). The first-order valence-electron chi connectivity index (χ1n) is 29.1. The molecule has 474 valence electrons. The second kappa shape index (κ2) is 33.4. The summed E-state index contributed by atoms with van der Waals surface area (Å²) >= 11 is 0. The fourth-order valence-electron chi connectivity index (χ4n) is 9.78. The number of unbranched alkanes of at least 4 members (excludes halogenated alkanes) is 1. The van der Waals surface area contributed by atoms with E-state index < -0.39 is 151 Å². The molecule has 26 heteroatoms. The number of fused-ring (bicyclic) bond motifs is 1. The molecule has 3 aromatic rings. The van der Waals surface area contributed by atoms with Crippen LogP contribution in [0.15, 0.2) is 103 Å². The molecule has 10 amide bonds. The van der Waals surface area contributed by atoms with E-state index in [0.717, 1.165) is 44.9 Å². The number of amides is 10. The van der Waals surface area contributed by atoms with Crippen molar-refractivity contribution in [2.45, 2.75) is 146 Å². The molecule has 0 bridgehead atoms. The van der Waals surface area contributed by atoms with Gasteiger partial charge in [-0.1, -0.05) is 113 Å². The van der Waals surface area contributed by atoms with E-state index >= 15 is 14.4 Å². The topological polar surface area (TPSA) is 357 Å². The molecular formula is C62H79N9O15S2. The van der Waals surface area contributed by atoms with Gasteiger partial charge >= 0.3 is 6.09 Å². The van der Waals surface area contributed by atoms with Crippen LogP contribution in [-0.4, -0.2) is 177 Å². The van der Waals surface area contributed by atoms with Crippen molar-refractivity contribution < 1.29 is 72.8 Å². The van der Waals surface area contributed by atoms with Crippen LogP contribution < -0.4 is 42.5 Å². The van der Waals surface area contributed by atoms with Gasteiger partial charge in [-0.05, 0) is 94.5 Å². The number of rotatable bonds is 21. The van der Waals surface area contributed by atoms with Gasteiger partial charge in [-0.15, -0.1) is 0 Å². The molecule has 24 nitrogen and oxygen atoms in total. The van der Waals surface area contributed by atoms with Crippen LogP contribution in [0, 0.1) is 5.92 Å². The maximum Gasteiger partial charge on any atom is 0.407 e. The Hall–Kier alpha value is -7.91. The zero-order valence-corrected chi connectivity index (χ0v) is 51.4. The third kappa shape index (κ3) is 21.4. The Morgan fingerprint density at radius 3 is 2.00 bits per heavy atom. The van der Waals surface area contributed by atoms with E-state index in [9.17, 15) is 53.7 Å². The van der Waals surface area contributed by atoms with Gasteiger partial charge in [0.1, 0.15) is 42.4 Å². The normalized spacial score (nSPS) is 22.1. The van der Waals surface area contributed by atoms with Crippen LogP contribution in [0.2, 0.25) is 0 Å². The highest BCUT2D eigenvalue weighted by Gasteiger charge is 2.38. The van der Waals surface area contributed by atoms with Gasteiger partial charge in [0, 0.05) is 55.4 Å². The monoisotopic (exact) mass is 1250 g/mol. The van der Waals surface area contributed by atoms with Gasteiger partial charge in [0.2, 0.25) is 41.4 Å². The minimum absolute atomic E-state index is 0.0444. The number of carbonyl (C=O) groups excluding carboxylic acids is 11. The third-order valence-electron chi connectivity index (χ3n) is 14.5. The van der Waals surface area contributed by atoms with Crippen LogP contribution in [0.1, 0.15) is 89.0 Å². The number of alkyl carbamates (subject to hydrolysis) is 1. The number of allylic oxidation sites excluding steroid dienone is 1. The van der Waals surface area contributed by atoms with E-state index in [1.807, 2.05) is 30.3 Å². The van der Waals surface area contributed by atoms with Gasteiger partial charge in [-0.2, -0.15) is 0 Å². The van der Waals surface area contributed by atoms with Crippen molar-refractivity contribution in [1.29, 1.82) is 0 Å². The van der Waals surface area contributed by atoms with Crippen molar-refractivity contribution in [2.24, 2.45) is 5.92 Å². The van der Waals surface area contributed by atoms with Gasteiger partial charge in [0.15, 0.2) is 5.78 Å². The standard InChI is InChI=1S/C62H79N9O15S2/c1-36(73)47(33-72)67-59(83)49-35-88-87-34-48(68-57(81)45(29-39-18-10-7-11-19-39)64-51(76)32-71-52(77)25-26-53(71)78)50(75)31-42(28-38-16-8-6-9-17-38)55(79)66-46(30-41-24-23-40-20-12-13-21-43(40)41)58(82)65-44(56(80)70-54(37(2)74)60(84)69-49)22-14-15-27-63-61(85)86-62(3,4)5/h6-13,16-21,24-26,36-37,42,44-49,54,72-74H,14-15,22-23,27-35H2,1-5H3,(H,63,85)(H,64,76)(H,65,82)(H,66,79)(H,67,83)(H,68,81)(H,69,84)(H,70,80)/t36-,37-,42-,44+,45-,46-,47-,48+,49+,54+/m1/s1. The molecule has 0 spiro atoms. The highest BCUT2D eigenvalue weighted by atomic mass is 33.1. The predicted molar refractivity (Wildman–Crippen MR) is 329 cm³/mol. The fraction of sp³-hybridized carbons (Fsp3) is 0.468. The lowest BCUT2D eigenvalue weighted by molar-refractivity contribution is -0.141. The largest absolute Gasteiger partial charge is 0.444 e. The fourth-order valence-corrected chi connectivity index (χ4v) is 12.1. The molecule has 88 heavy (non-hydrogen) atoms. The Kier molecular flexibility index (Phi) is 26.3. The molecule has 1 saturated heterocycles. The number of carbonyl (C=O) groups is 11. The molecule has 2 aliphatic heterocycles. The van der Waals surface area contributed by atoms with Crippen molar-refractivity contribution in [1.82, 2.24) is 47.4 Å². The summed E-state index contributed by atoms with van der Waals surface area (Å²) in [5.74, 6) is -10.1. The molecule has 10 atom stereocenters. The second-order valence-electron chi connectivity index (χ2n) is 22.8. The summed E-state index contributed by atoms with van der Waals surface area (Å²) < 4.78 is 5.34. The Morgan fingerprint density at radius 1 is 0.727 bits per heavy atom. The molecule has 0 saturated carbocycles. The van der Waals surface area contributed by atoms with Crippen molar-refractivity contribution in [3.8, 4) is 0 Å². The van der Waals surface area contributed by atoms with Crippen LogP contribution in [0.3, 0.4) is 0 Å². The molecule has 3 aliphatic rings. The number of ether oxygens (including phenoxy) is 1. The van der Waals surface area contributed by atoms with Crippen molar-refractivity contribution in [3.05, 3.63) is 125 Å². The van der Waals surface area contributed by atoms with Crippen LogP contribution in [0.5, 0.6) is 0 Å². The Labute approximate surface area is 518 Å². The lowest BCUT2D eigenvalue weighted by Gasteiger charge is -2.29. The van der Waals surface area contributed by atoms with Gasteiger partial charge < -0.3 is 62.6 Å². The maximum absolute atomic E-state index is 15.2. The Balaban J connectivity index is 1.40. The molecular weight excluding hydrogens is 1170 g/mol. The number of nitrogens with one attached hydrogen (secondary N) is 8. The summed E-state index contributed by atoms with van der Waals surface area (Å²) in [7, 11) is 1.92. The Bertz CT molecular complexity index is 3030. The average Bonchev–Trinajstić information content (AvgIpc) is 2.94. The van der Waals surface area contributed by atoms with E-state index in [0.29, 0.717) is 28.0 Å². The molecule has 3 aromatic carbocycles. The summed E-state index contributed by atoms with van der Waals surface area (Å²) in [4.78, 5) is 155. The van der Waals surface area contributed by atoms with E-state index in [-0.39, 0.29) is 56.6 Å². The number of Topliss-reactive ketones (excluding diaryl/α,β-unsaturated/α-hetero) is 1. The number of aliphatic hydroxyl groups excluding tert-OH is 3. The van der Waals surface area contributed by atoms with Crippen molar-refractivity contribution in [3.63, 3.8) is 0 Å². The lowest BCUT2D eigenvalue weighted by atomic mass is 9.90. The van der Waals surface area contributed by atoms with Crippen LogP contribution in [0.4, 0.5) is 4.79 Å². The van der Waals surface area contributed by atoms with Crippen LogP contribution in [0.25, 0.3) is 5.57 Å². The lowest BCUT2D eigenvalue weighted by Crippen LogP contribution is -2.61. The van der Waals surface area contributed by atoms with Gasteiger partial charge in [-0.3, -0.25) is 52.8 Å². The van der Waals surface area contributed by atoms with Gasteiger partial charge in [0.05, 0.1) is 30.9 Å². The van der Waals surface area contributed by atoms with Crippen molar-refractivity contribution >= 4 is 92.2 Å². The molecule has 0 radical (unpaired) electrons. The zero-order valence-electron chi connectivity index (χ0n) is 49.8. The number of hydrogen-bond donors (Lipinski definition) is 11. The minimum Gasteiger partial charge on any atom is -0.444 e. The summed E-state index contributed by atoms with van der Waals surface area (Å²) in [6, 6.07) is 14.6. The van der Waals surface area contributed by atoms with Gasteiger partial charge in [-0.25, -0.2) is 4.79 Å². The minimum atomic E-state index is -1.77. The predicted octanol–water partition coefficient (Wildman–Crippen LogP) is 1.24. The van der Waals surface area contributed by atoms with Gasteiger partial charge in [0.25, 0.3) is 11.8 Å². The molecule has 0 aromatic heterocycles. The molecule has 1 fully saturated rings. The van der Waals surface area contributed by atoms with Crippen LogP contribution >= 0.6 is 21.6 Å². The molecule has 11 N–H and O–H groups in total. The number of ketones is 1. The maximum atomic E-state index is 15.2. The molecule has 0 unspecified atom stereocenters. The first kappa shape index (κ1) is 69.2. The highest BCUT2D eigenvalue weighted by Crippen LogP contribution is 2.31. The summed E-state index contributed by atoms with van der Waals surface area (Å²) in [6.45, 7) is 6.32. The number of benzene rings is 3. The average molecular weight is 1250 g/mol. The van der Waals surface area contributed by atoms with E-state index in [2.05, 4.69) is 42.5 Å². The zero-order chi connectivity index (χ0) is 64.1. The second-order valence-corrected chi connectivity index (χ2v) is 25.3. The number of nitrogens with zero attached hydrogens (tertiary/aromatic N) is 1. The third-order valence-corrected chi connectivity index (χ3v) is 17.0.